The van der Waals surface area contributed by atoms with Crippen LogP contribution in [0.4, 0.5) is 4.39 Å². The molecular formula is C24H28FN5O2. The van der Waals surface area contributed by atoms with Gasteiger partial charge in [-0.3, -0.25) is 4.79 Å². The number of aromatic nitrogens is 2. The number of carbonyl (C=O) groups excluding carboxylic acids is 1. The minimum atomic E-state index is -0.723. The van der Waals surface area contributed by atoms with Crippen molar-refractivity contribution in [1.82, 2.24) is 20.2 Å². The number of fused-ring (bicyclic) bond motifs is 4. The highest BCUT2D eigenvalue weighted by Crippen LogP contribution is 2.32. The van der Waals surface area contributed by atoms with Crippen molar-refractivity contribution in [2.75, 3.05) is 19.6 Å². The van der Waals surface area contributed by atoms with Crippen molar-refractivity contribution in [2.24, 2.45) is 11.7 Å². The van der Waals surface area contributed by atoms with Crippen LogP contribution in [-0.2, 0) is 11.2 Å². The molecule has 2 atom stereocenters. The molecular weight excluding hydrogens is 409 g/mol. The van der Waals surface area contributed by atoms with Crippen LogP contribution in [0.1, 0.15) is 24.0 Å². The van der Waals surface area contributed by atoms with E-state index in [1.807, 2.05) is 13.1 Å². The van der Waals surface area contributed by atoms with Gasteiger partial charge in [0.05, 0.1) is 11.4 Å². The van der Waals surface area contributed by atoms with E-state index in [9.17, 15) is 9.18 Å². The van der Waals surface area contributed by atoms with Gasteiger partial charge in [0.15, 0.2) is 11.6 Å². The number of hydrogen-bond acceptors (Lipinski definition) is 5. The fourth-order valence-electron chi connectivity index (χ4n) is 4.91. The number of aryl methyl sites for hydroxylation is 1. The molecule has 168 valence electrons. The highest BCUT2D eigenvalue weighted by molar-refractivity contribution is 5.86. The average Bonchev–Trinajstić information content (AvgIpc) is 3.18. The summed E-state index contributed by atoms with van der Waals surface area (Å²) in [6, 6.07) is 5.88. The van der Waals surface area contributed by atoms with Gasteiger partial charge in [-0.15, -0.1) is 0 Å². The predicted molar refractivity (Wildman–Crippen MR) is 120 cm³/mol. The van der Waals surface area contributed by atoms with Crippen molar-refractivity contribution in [3.63, 3.8) is 0 Å². The Kier molecular flexibility index (Phi) is 5.57. The number of amides is 1. The zero-order valence-corrected chi connectivity index (χ0v) is 18.1. The number of piperidine rings is 3. The van der Waals surface area contributed by atoms with Gasteiger partial charge in [0, 0.05) is 25.0 Å². The van der Waals surface area contributed by atoms with Gasteiger partial charge in [-0.25, -0.2) is 9.37 Å². The third-order valence-corrected chi connectivity index (χ3v) is 6.72. The van der Waals surface area contributed by atoms with Crippen molar-refractivity contribution in [3.8, 4) is 11.5 Å². The number of halogens is 1. The fraction of sp³-hybridized carbons (Fsp3) is 0.417. The molecule has 2 aromatic heterocycles. The van der Waals surface area contributed by atoms with Crippen molar-refractivity contribution < 1.29 is 13.9 Å². The zero-order chi connectivity index (χ0) is 22.2. The molecule has 4 N–H and O–H groups in total. The Morgan fingerprint density at radius 3 is 2.88 bits per heavy atom. The van der Waals surface area contributed by atoms with E-state index < -0.39 is 11.9 Å². The second kappa shape index (κ2) is 8.52. The summed E-state index contributed by atoms with van der Waals surface area (Å²) in [5.74, 6) is 0.520. The molecule has 3 aromatic rings. The predicted octanol–water partition coefficient (Wildman–Crippen LogP) is 2.88. The summed E-state index contributed by atoms with van der Waals surface area (Å²) in [7, 11) is 0. The third-order valence-electron chi connectivity index (χ3n) is 6.72. The first-order chi connectivity index (χ1) is 15.5. The van der Waals surface area contributed by atoms with Crippen LogP contribution in [0.3, 0.4) is 0 Å². The summed E-state index contributed by atoms with van der Waals surface area (Å²) in [4.78, 5) is 22.3. The molecule has 8 heteroatoms. The Morgan fingerprint density at radius 1 is 1.34 bits per heavy atom. The van der Waals surface area contributed by atoms with Gasteiger partial charge in [-0.05, 0) is 74.5 Å². The first kappa shape index (κ1) is 20.9. The van der Waals surface area contributed by atoms with Crippen molar-refractivity contribution in [1.29, 1.82) is 0 Å². The van der Waals surface area contributed by atoms with Gasteiger partial charge in [0.1, 0.15) is 11.4 Å². The topological polar surface area (TPSA) is 96.3 Å². The zero-order valence-electron chi connectivity index (χ0n) is 18.1. The summed E-state index contributed by atoms with van der Waals surface area (Å²) in [5, 5.41) is 3.94. The van der Waals surface area contributed by atoms with Gasteiger partial charge in [0.2, 0.25) is 5.91 Å². The summed E-state index contributed by atoms with van der Waals surface area (Å²) in [6.45, 7) is 5.07. The number of H-pyrrole nitrogens is 1. The number of aromatic amines is 1. The number of nitrogens with zero attached hydrogens (tertiary/aromatic N) is 2. The molecule has 0 saturated carbocycles. The molecule has 0 spiro atoms. The highest BCUT2D eigenvalue weighted by Gasteiger charge is 2.35. The number of rotatable bonds is 6. The molecule has 0 radical (unpaired) electrons. The van der Waals surface area contributed by atoms with Crippen LogP contribution < -0.4 is 15.8 Å². The molecule has 1 aromatic carbocycles. The van der Waals surface area contributed by atoms with E-state index in [1.165, 1.54) is 6.07 Å². The first-order valence-electron chi connectivity index (χ1n) is 11.1. The van der Waals surface area contributed by atoms with Crippen LogP contribution in [0, 0.1) is 18.7 Å². The number of hydrogen-bond donors (Lipinski definition) is 3. The Labute approximate surface area is 186 Å². The Balaban J connectivity index is 1.24. The third kappa shape index (κ3) is 4.08. The number of nitrogens with two attached hydrogens (primary N) is 1. The second-order valence-corrected chi connectivity index (χ2v) is 8.93. The highest BCUT2D eigenvalue weighted by atomic mass is 19.1. The molecule has 3 aliphatic heterocycles. The molecule has 7 nitrogen and oxygen atoms in total. The summed E-state index contributed by atoms with van der Waals surface area (Å²) >= 11 is 0. The monoisotopic (exact) mass is 437 g/mol. The number of nitrogens with one attached hydrogen (secondary N) is 2. The maximum Gasteiger partial charge on any atom is 0.237 e. The van der Waals surface area contributed by atoms with E-state index in [-0.39, 0.29) is 24.1 Å². The van der Waals surface area contributed by atoms with Crippen LogP contribution in [0.15, 0.2) is 36.7 Å². The van der Waals surface area contributed by atoms with Crippen LogP contribution in [0.5, 0.6) is 11.5 Å². The maximum atomic E-state index is 14.8. The normalized spacial score (nSPS) is 23.3. The van der Waals surface area contributed by atoms with Crippen LogP contribution >= 0.6 is 0 Å². The molecule has 1 amide bonds. The number of pyridine rings is 1. The molecule has 6 rings (SSSR count). The maximum absolute atomic E-state index is 14.8. The van der Waals surface area contributed by atoms with Gasteiger partial charge < -0.3 is 25.7 Å². The minimum absolute atomic E-state index is 0.118. The van der Waals surface area contributed by atoms with E-state index in [4.69, 9.17) is 10.5 Å². The lowest BCUT2D eigenvalue weighted by Gasteiger charge is -2.45. The van der Waals surface area contributed by atoms with E-state index in [2.05, 4.69) is 20.2 Å². The largest absolute Gasteiger partial charge is 0.453 e. The number of ether oxygens (including phenoxy) is 1. The SMILES string of the molecule is Cc1c[nH]c2nccc(Oc3ccc(CC(N)C(=O)N[C@H]4CN5CCC4CC5)cc3F)c12. The van der Waals surface area contributed by atoms with Crippen LogP contribution in [0.25, 0.3) is 11.0 Å². The molecule has 2 bridgehead atoms. The lowest BCUT2D eigenvalue weighted by Crippen LogP contribution is -2.59. The van der Waals surface area contributed by atoms with E-state index in [1.54, 1.807) is 24.4 Å². The van der Waals surface area contributed by atoms with Crippen molar-refractivity contribution in [2.45, 2.75) is 38.3 Å². The second-order valence-electron chi connectivity index (χ2n) is 8.93. The molecule has 3 aliphatic rings. The molecule has 5 heterocycles. The summed E-state index contributed by atoms with van der Waals surface area (Å²) in [5.41, 5.74) is 8.47. The summed E-state index contributed by atoms with van der Waals surface area (Å²) < 4.78 is 20.6. The molecule has 3 saturated heterocycles. The van der Waals surface area contributed by atoms with Crippen molar-refractivity contribution in [3.05, 3.63) is 53.6 Å². The van der Waals surface area contributed by atoms with Crippen LogP contribution in [-0.4, -0.2) is 52.5 Å². The lowest BCUT2D eigenvalue weighted by molar-refractivity contribution is -0.124. The smallest absolute Gasteiger partial charge is 0.237 e. The molecule has 3 fully saturated rings. The van der Waals surface area contributed by atoms with Gasteiger partial charge >= 0.3 is 0 Å². The van der Waals surface area contributed by atoms with Crippen LogP contribution in [0.2, 0.25) is 0 Å². The molecule has 1 unspecified atom stereocenters. The molecule has 0 aliphatic carbocycles. The quantitative estimate of drug-likeness (QED) is 0.551. The minimum Gasteiger partial charge on any atom is -0.453 e. The Bertz CT molecular complexity index is 1140. The van der Waals surface area contributed by atoms with Gasteiger partial charge in [-0.2, -0.15) is 0 Å². The average molecular weight is 438 g/mol. The van der Waals surface area contributed by atoms with Gasteiger partial charge in [-0.1, -0.05) is 6.07 Å². The van der Waals surface area contributed by atoms with Gasteiger partial charge in [0.25, 0.3) is 0 Å². The standard InChI is InChI=1S/C24H28FN5O2/c1-14-12-28-23-22(14)21(4-7-27-23)32-20-3-2-15(10-17(20)25)11-18(26)24(31)29-19-13-30-8-5-16(19)6-9-30/h2-4,7,10,12,16,18-19H,5-6,8-9,11,13,26H2,1H3,(H,27,28)(H,29,31)/t18?,19-/m0/s1. The van der Waals surface area contributed by atoms with Crippen molar-refractivity contribution >= 4 is 16.9 Å². The fourth-order valence-corrected chi connectivity index (χ4v) is 4.91. The number of benzene rings is 1. The Morgan fingerprint density at radius 2 is 2.16 bits per heavy atom. The van der Waals surface area contributed by atoms with E-state index in [0.717, 1.165) is 43.4 Å². The number of carbonyl (C=O) groups is 1. The molecule has 32 heavy (non-hydrogen) atoms. The first-order valence-corrected chi connectivity index (χ1v) is 11.1. The lowest BCUT2D eigenvalue weighted by atomic mass is 9.84. The Hall–Kier alpha value is -2.97. The summed E-state index contributed by atoms with van der Waals surface area (Å²) in [6.07, 6.45) is 5.97. The van der Waals surface area contributed by atoms with E-state index >= 15 is 0 Å². The van der Waals surface area contributed by atoms with E-state index in [0.29, 0.717) is 22.9 Å².